The largest absolute Gasteiger partial charge is 0.493 e. The minimum absolute atomic E-state index is 0.0628. The van der Waals surface area contributed by atoms with E-state index >= 15 is 0 Å². The summed E-state index contributed by atoms with van der Waals surface area (Å²) in [6.07, 6.45) is 1.80. The van der Waals surface area contributed by atoms with E-state index in [0.29, 0.717) is 17.1 Å². The molecular weight excluding hydrogens is 302 g/mol. The Morgan fingerprint density at radius 2 is 1.96 bits per heavy atom. The van der Waals surface area contributed by atoms with Gasteiger partial charge in [-0.1, -0.05) is 42.5 Å². The standard InChI is InChI=1S/C20H21NO3/c1-14(11-12-15-7-4-3-5-8-15)21-20(22)18-13-16-9-6-10-17(23-2)19(16)24-18/h3-10,13-14H,11-12H2,1-2H3,(H,21,22)/t14-/m0/s1. The van der Waals surface area contributed by atoms with E-state index < -0.39 is 0 Å². The lowest BCUT2D eigenvalue weighted by molar-refractivity contribution is 0.0912. The molecule has 4 heteroatoms. The number of methoxy groups -OCH3 is 1. The van der Waals surface area contributed by atoms with Crippen molar-refractivity contribution in [2.24, 2.45) is 0 Å². The molecule has 0 bridgehead atoms. The van der Waals surface area contributed by atoms with Gasteiger partial charge in [0.2, 0.25) is 0 Å². The van der Waals surface area contributed by atoms with Crippen LogP contribution in [0, 0.1) is 0 Å². The van der Waals surface area contributed by atoms with Crippen LogP contribution in [0.5, 0.6) is 5.75 Å². The molecule has 0 aliphatic rings. The van der Waals surface area contributed by atoms with Gasteiger partial charge in [0, 0.05) is 11.4 Å². The second kappa shape index (κ2) is 7.21. The average molecular weight is 323 g/mol. The number of hydrogen-bond donors (Lipinski definition) is 1. The van der Waals surface area contributed by atoms with Crippen LogP contribution in [0.2, 0.25) is 0 Å². The van der Waals surface area contributed by atoms with Crippen molar-refractivity contribution >= 4 is 16.9 Å². The predicted molar refractivity (Wildman–Crippen MR) is 94.5 cm³/mol. The van der Waals surface area contributed by atoms with Gasteiger partial charge in [-0.25, -0.2) is 0 Å². The lowest BCUT2D eigenvalue weighted by Crippen LogP contribution is -2.32. The third-order valence-electron chi connectivity index (χ3n) is 4.04. The van der Waals surface area contributed by atoms with Gasteiger partial charge in [-0.2, -0.15) is 0 Å². The monoisotopic (exact) mass is 323 g/mol. The van der Waals surface area contributed by atoms with Crippen molar-refractivity contribution in [3.63, 3.8) is 0 Å². The van der Waals surface area contributed by atoms with Crippen LogP contribution in [-0.2, 0) is 6.42 Å². The maximum atomic E-state index is 12.4. The van der Waals surface area contributed by atoms with E-state index in [2.05, 4.69) is 17.4 Å². The Balaban J connectivity index is 1.64. The number of carbonyl (C=O) groups is 1. The fourth-order valence-electron chi connectivity index (χ4n) is 2.70. The number of furan rings is 1. The number of rotatable bonds is 6. The molecular formula is C20H21NO3. The van der Waals surface area contributed by atoms with E-state index in [1.807, 2.05) is 43.3 Å². The van der Waals surface area contributed by atoms with E-state index in [-0.39, 0.29) is 11.9 Å². The van der Waals surface area contributed by atoms with Crippen LogP contribution < -0.4 is 10.1 Å². The lowest BCUT2D eigenvalue weighted by atomic mass is 10.1. The minimum Gasteiger partial charge on any atom is -0.493 e. The van der Waals surface area contributed by atoms with E-state index in [1.54, 1.807) is 13.2 Å². The van der Waals surface area contributed by atoms with Crippen LogP contribution in [0.1, 0.15) is 29.5 Å². The number of benzene rings is 2. The molecule has 1 aromatic heterocycles. The molecule has 3 rings (SSSR count). The van der Waals surface area contributed by atoms with Gasteiger partial charge in [0.15, 0.2) is 17.1 Å². The molecule has 0 aliphatic carbocycles. The maximum absolute atomic E-state index is 12.4. The van der Waals surface area contributed by atoms with E-state index in [1.165, 1.54) is 5.56 Å². The van der Waals surface area contributed by atoms with E-state index in [4.69, 9.17) is 9.15 Å². The SMILES string of the molecule is COc1cccc2cc(C(=O)N[C@@H](C)CCc3ccccc3)oc12. The Bertz CT molecular complexity index is 823. The highest BCUT2D eigenvalue weighted by molar-refractivity contribution is 5.97. The molecule has 124 valence electrons. The van der Waals surface area contributed by atoms with Gasteiger partial charge < -0.3 is 14.5 Å². The van der Waals surface area contributed by atoms with Gasteiger partial charge in [-0.15, -0.1) is 0 Å². The summed E-state index contributed by atoms with van der Waals surface area (Å²) in [6.45, 7) is 2.00. The third kappa shape index (κ3) is 3.59. The number of aryl methyl sites for hydroxylation is 1. The fourth-order valence-corrected chi connectivity index (χ4v) is 2.70. The summed E-state index contributed by atoms with van der Waals surface area (Å²) in [5, 5.41) is 3.85. The van der Waals surface area contributed by atoms with E-state index in [0.717, 1.165) is 18.2 Å². The van der Waals surface area contributed by atoms with Gasteiger partial charge in [0.1, 0.15) is 0 Å². The molecule has 1 atom stereocenters. The zero-order valence-corrected chi connectivity index (χ0v) is 13.9. The zero-order chi connectivity index (χ0) is 16.9. The van der Waals surface area contributed by atoms with E-state index in [9.17, 15) is 4.79 Å². The summed E-state index contributed by atoms with van der Waals surface area (Å²) in [5.74, 6) is 0.735. The first-order valence-corrected chi connectivity index (χ1v) is 8.08. The molecule has 0 spiro atoms. The van der Waals surface area contributed by atoms with Crippen LogP contribution in [-0.4, -0.2) is 19.1 Å². The Morgan fingerprint density at radius 1 is 1.17 bits per heavy atom. The molecule has 4 nitrogen and oxygen atoms in total. The molecule has 0 unspecified atom stereocenters. The Kier molecular flexibility index (Phi) is 4.85. The number of ether oxygens (including phenoxy) is 1. The molecule has 0 fully saturated rings. The highest BCUT2D eigenvalue weighted by Gasteiger charge is 2.16. The highest BCUT2D eigenvalue weighted by Crippen LogP contribution is 2.28. The van der Waals surface area contributed by atoms with Gasteiger partial charge >= 0.3 is 0 Å². The van der Waals surface area contributed by atoms with Crippen molar-refractivity contribution in [1.82, 2.24) is 5.32 Å². The number of amides is 1. The lowest BCUT2D eigenvalue weighted by Gasteiger charge is -2.12. The average Bonchev–Trinajstić information content (AvgIpc) is 3.05. The molecule has 1 amide bonds. The normalized spacial score (nSPS) is 12.1. The van der Waals surface area contributed by atoms with Gasteiger partial charge in [0.05, 0.1) is 7.11 Å². The topological polar surface area (TPSA) is 51.5 Å². The molecule has 2 aromatic carbocycles. The number of carbonyl (C=O) groups excluding carboxylic acids is 1. The first kappa shape index (κ1) is 16.1. The first-order chi connectivity index (χ1) is 11.7. The van der Waals surface area contributed by atoms with Gasteiger partial charge in [0.25, 0.3) is 5.91 Å². The molecule has 0 radical (unpaired) electrons. The van der Waals surface area contributed by atoms with Crippen molar-refractivity contribution in [1.29, 1.82) is 0 Å². The summed E-state index contributed by atoms with van der Waals surface area (Å²) in [6, 6.07) is 17.7. The summed E-state index contributed by atoms with van der Waals surface area (Å²) in [7, 11) is 1.59. The molecule has 24 heavy (non-hydrogen) atoms. The number of para-hydroxylation sites is 1. The third-order valence-corrected chi connectivity index (χ3v) is 4.04. The molecule has 1 N–H and O–H groups in total. The molecule has 3 aromatic rings. The van der Waals surface area contributed by atoms with Crippen LogP contribution in [0.4, 0.5) is 0 Å². The molecule has 0 saturated heterocycles. The molecule has 1 heterocycles. The van der Waals surface area contributed by atoms with Crippen LogP contribution in [0.3, 0.4) is 0 Å². The Morgan fingerprint density at radius 3 is 2.71 bits per heavy atom. The predicted octanol–water partition coefficient (Wildman–Crippen LogP) is 4.19. The fraction of sp³-hybridized carbons (Fsp3) is 0.250. The van der Waals surface area contributed by atoms with Gasteiger partial charge in [-0.3, -0.25) is 4.79 Å². The number of fused-ring (bicyclic) bond motifs is 1. The van der Waals surface area contributed by atoms with Crippen molar-refractivity contribution in [3.05, 3.63) is 65.9 Å². The van der Waals surface area contributed by atoms with Gasteiger partial charge in [-0.05, 0) is 37.5 Å². The number of hydrogen-bond acceptors (Lipinski definition) is 3. The van der Waals surface area contributed by atoms with Crippen molar-refractivity contribution < 1.29 is 13.9 Å². The quantitative estimate of drug-likeness (QED) is 0.740. The smallest absolute Gasteiger partial charge is 0.287 e. The minimum atomic E-state index is -0.200. The zero-order valence-electron chi connectivity index (χ0n) is 13.9. The maximum Gasteiger partial charge on any atom is 0.287 e. The number of nitrogens with one attached hydrogen (secondary N) is 1. The Labute approximate surface area is 141 Å². The summed E-state index contributed by atoms with van der Waals surface area (Å²) >= 11 is 0. The van der Waals surface area contributed by atoms with Crippen molar-refractivity contribution in [2.75, 3.05) is 7.11 Å². The van der Waals surface area contributed by atoms with Crippen LogP contribution in [0.25, 0.3) is 11.0 Å². The first-order valence-electron chi connectivity index (χ1n) is 8.08. The van der Waals surface area contributed by atoms with Crippen LogP contribution >= 0.6 is 0 Å². The van der Waals surface area contributed by atoms with Crippen molar-refractivity contribution in [3.8, 4) is 5.75 Å². The Hall–Kier alpha value is -2.75. The second-order valence-electron chi connectivity index (χ2n) is 5.89. The molecule has 0 saturated carbocycles. The second-order valence-corrected chi connectivity index (χ2v) is 5.89. The highest BCUT2D eigenvalue weighted by atomic mass is 16.5. The molecule has 0 aliphatic heterocycles. The summed E-state index contributed by atoms with van der Waals surface area (Å²) < 4.78 is 10.9. The van der Waals surface area contributed by atoms with Crippen molar-refractivity contribution in [2.45, 2.75) is 25.8 Å². The van der Waals surface area contributed by atoms with Crippen LogP contribution in [0.15, 0.2) is 59.0 Å². The summed E-state index contributed by atoms with van der Waals surface area (Å²) in [5.41, 5.74) is 1.87. The summed E-state index contributed by atoms with van der Waals surface area (Å²) in [4.78, 5) is 12.4.